The number of nitrogens with one attached hydrogen (secondary N) is 1. The van der Waals surface area contributed by atoms with Crippen LogP contribution in [0.2, 0.25) is 5.02 Å². The standard InChI is InChI=1S/C17H22ClN3O5/c1-3-20-7-8-21(17(24)16(20)23)11-14(22)19-13-6-4-5-12(18)15(13)26-10-9-25-2/h4-6H,3,7-11H2,1-2H3,(H,19,22). The second kappa shape index (κ2) is 9.40. The van der Waals surface area contributed by atoms with Gasteiger partial charge in [-0.25, -0.2) is 0 Å². The fraction of sp³-hybridized carbons (Fsp3) is 0.471. The number of carbonyl (C=O) groups is 3. The highest BCUT2D eigenvalue weighted by molar-refractivity contribution is 6.35. The minimum absolute atomic E-state index is 0.216. The Labute approximate surface area is 157 Å². The summed E-state index contributed by atoms with van der Waals surface area (Å²) in [6, 6.07) is 4.97. The Kier molecular flexibility index (Phi) is 7.23. The van der Waals surface area contributed by atoms with Gasteiger partial charge in [0, 0.05) is 26.7 Å². The highest BCUT2D eigenvalue weighted by Crippen LogP contribution is 2.32. The molecule has 0 atom stereocenters. The number of hydrogen-bond donors (Lipinski definition) is 1. The first-order valence-electron chi connectivity index (χ1n) is 8.26. The number of para-hydroxylation sites is 1. The van der Waals surface area contributed by atoms with Crippen LogP contribution in [0.4, 0.5) is 5.69 Å². The molecule has 2 rings (SSSR count). The molecule has 1 aromatic rings. The number of hydrogen-bond acceptors (Lipinski definition) is 5. The van der Waals surface area contributed by atoms with E-state index >= 15 is 0 Å². The number of methoxy groups -OCH3 is 1. The Morgan fingerprint density at radius 2 is 1.88 bits per heavy atom. The van der Waals surface area contributed by atoms with Crippen LogP contribution in [0.25, 0.3) is 0 Å². The lowest BCUT2D eigenvalue weighted by Gasteiger charge is -2.32. The van der Waals surface area contributed by atoms with Gasteiger partial charge in [0.25, 0.3) is 0 Å². The number of nitrogens with zero attached hydrogens (tertiary/aromatic N) is 2. The van der Waals surface area contributed by atoms with Crippen molar-refractivity contribution in [1.29, 1.82) is 0 Å². The summed E-state index contributed by atoms with van der Waals surface area (Å²) < 4.78 is 10.5. The molecule has 9 heteroatoms. The predicted octanol–water partition coefficient (Wildman–Crippen LogP) is 0.994. The lowest BCUT2D eigenvalue weighted by molar-refractivity contribution is -0.156. The van der Waals surface area contributed by atoms with Crippen LogP contribution in [0.5, 0.6) is 5.75 Å². The Morgan fingerprint density at radius 3 is 2.58 bits per heavy atom. The summed E-state index contributed by atoms with van der Waals surface area (Å²) in [5.74, 6) is -1.36. The van der Waals surface area contributed by atoms with Crippen molar-refractivity contribution in [2.45, 2.75) is 6.92 Å². The third-order valence-corrected chi connectivity index (χ3v) is 4.19. The molecular formula is C17H22ClN3O5. The third kappa shape index (κ3) is 4.86. The van der Waals surface area contributed by atoms with Gasteiger partial charge in [0.2, 0.25) is 5.91 Å². The Morgan fingerprint density at radius 1 is 1.19 bits per heavy atom. The molecule has 1 aliphatic rings. The molecular weight excluding hydrogens is 362 g/mol. The summed E-state index contributed by atoms with van der Waals surface area (Å²) in [7, 11) is 1.55. The van der Waals surface area contributed by atoms with Crippen molar-refractivity contribution < 1.29 is 23.9 Å². The van der Waals surface area contributed by atoms with Crippen molar-refractivity contribution in [3.63, 3.8) is 0 Å². The quantitative estimate of drug-likeness (QED) is 0.534. The molecule has 3 amide bonds. The SMILES string of the molecule is CCN1CCN(CC(=O)Nc2cccc(Cl)c2OCCOC)C(=O)C1=O. The molecule has 8 nitrogen and oxygen atoms in total. The average molecular weight is 384 g/mol. The number of rotatable bonds is 8. The zero-order valence-corrected chi connectivity index (χ0v) is 15.5. The molecule has 0 aromatic heterocycles. The summed E-state index contributed by atoms with van der Waals surface area (Å²) in [5.41, 5.74) is 0.393. The second-order valence-electron chi connectivity index (χ2n) is 5.62. The lowest BCUT2D eigenvalue weighted by Crippen LogP contribution is -2.55. The van der Waals surface area contributed by atoms with Gasteiger partial charge >= 0.3 is 11.8 Å². The molecule has 1 fully saturated rings. The zero-order valence-electron chi connectivity index (χ0n) is 14.8. The Balaban J connectivity index is 2.01. The molecule has 0 bridgehead atoms. The predicted molar refractivity (Wildman–Crippen MR) is 96.3 cm³/mol. The Bertz CT molecular complexity index is 682. The van der Waals surface area contributed by atoms with E-state index in [1.54, 1.807) is 32.2 Å². The molecule has 1 heterocycles. The van der Waals surface area contributed by atoms with Gasteiger partial charge in [0.15, 0.2) is 5.75 Å². The van der Waals surface area contributed by atoms with Gasteiger partial charge in [-0.1, -0.05) is 17.7 Å². The van der Waals surface area contributed by atoms with E-state index in [2.05, 4.69) is 5.32 Å². The van der Waals surface area contributed by atoms with Gasteiger partial charge in [0.1, 0.15) is 13.2 Å². The van der Waals surface area contributed by atoms with Crippen LogP contribution >= 0.6 is 11.6 Å². The van der Waals surface area contributed by atoms with Crippen LogP contribution in [0.1, 0.15) is 6.92 Å². The summed E-state index contributed by atoms with van der Waals surface area (Å²) in [4.78, 5) is 39.0. The monoisotopic (exact) mass is 383 g/mol. The van der Waals surface area contributed by atoms with Crippen molar-refractivity contribution >= 4 is 35.0 Å². The fourth-order valence-corrected chi connectivity index (χ4v) is 2.74. The number of likely N-dealkylation sites (N-methyl/N-ethyl adjacent to an activating group) is 1. The highest BCUT2D eigenvalue weighted by atomic mass is 35.5. The van der Waals surface area contributed by atoms with E-state index in [4.69, 9.17) is 21.1 Å². The molecule has 0 saturated carbocycles. The van der Waals surface area contributed by atoms with E-state index < -0.39 is 17.7 Å². The number of carbonyl (C=O) groups excluding carboxylic acids is 3. The maximum atomic E-state index is 12.3. The number of piperazine rings is 1. The lowest BCUT2D eigenvalue weighted by atomic mass is 10.2. The summed E-state index contributed by atoms with van der Waals surface area (Å²) in [6.45, 7) is 3.43. The van der Waals surface area contributed by atoms with Crippen LogP contribution in [-0.4, -0.2) is 74.0 Å². The molecule has 0 radical (unpaired) electrons. The molecule has 142 valence electrons. The first kappa shape index (κ1) is 20.0. The highest BCUT2D eigenvalue weighted by Gasteiger charge is 2.32. The van der Waals surface area contributed by atoms with E-state index in [0.717, 1.165) is 0 Å². The van der Waals surface area contributed by atoms with E-state index in [-0.39, 0.29) is 13.2 Å². The van der Waals surface area contributed by atoms with Crippen LogP contribution < -0.4 is 10.1 Å². The van der Waals surface area contributed by atoms with Crippen molar-refractivity contribution in [2.75, 3.05) is 51.8 Å². The zero-order chi connectivity index (χ0) is 19.1. The molecule has 0 spiro atoms. The van der Waals surface area contributed by atoms with E-state index in [1.807, 2.05) is 0 Å². The Hall–Kier alpha value is -2.32. The molecule has 1 N–H and O–H groups in total. The molecule has 1 aliphatic heterocycles. The van der Waals surface area contributed by atoms with Gasteiger partial charge < -0.3 is 24.6 Å². The average Bonchev–Trinajstić information content (AvgIpc) is 2.61. The van der Waals surface area contributed by atoms with Crippen LogP contribution in [0.15, 0.2) is 18.2 Å². The van der Waals surface area contributed by atoms with E-state index in [0.29, 0.717) is 42.7 Å². The first-order valence-corrected chi connectivity index (χ1v) is 8.64. The molecule has 1 aromatic carbocycles. The second-order valence-corrected chi connectivity index (χ2v) is 6.02. The van der Waals surface area contributed by atoms with E-state index in [1.165, 1.54) is 9.80 Å². The normalized spacial score (nSPS) is 14.6. The fourth-order valence-electron chi connectivity index (χ4n) is 2.51. The van der Waals surface area contributed by atoms with Crippen molar-refractivity contribution in [3.8, 4) is 5.75 Å². The summed E-state index contributed by atoms with van der Waals surface area (Å²) in [6.07, 6.45) is 0. The maximum absolute atomic E-state index is 12.3. The number of halogens is 1. The summed E-state index contributed by atoms with van der Waals surface area (Å²) in [5, 5.41) is 3.03. The molecule has 0 aliphatic carbocycles. The van der Waals surface area contributed by atoms with Crippen LogP contribution in [-0.2, 0) is 19.1 Å². The van der Waals surface area contributed by atoms with Crippen LogP contribution in [0.3, 0.4) is 0 Å². The maximum Gasteiger partial charge on any atom is 0.312 e. The number of benzene rings is 1. The molecule has 1 saturated heterocycles. The van der Waals surface area contributed by atoms with Gasteiger partial charge in [-0.05, 0) is 19.1 Å². The van der Waals surface area contributed by atoms with Crippen molar-refractivity contribution in [1.82, 2.24) is 9.80 Å². The first-order chi connectivity index (χ1) is 12.5. The van der Waals surface area contributed by atoms with Crippen molar-refractivity contribution in [2.24, 2.45) is 0 Å². The number of ether oxygens (including phenoxy) is 2. The largest absolute Gasteiger partial charge is 0.487 e. The van der Waals surface area contributed by atoms with E-state index in [9.17, 15) is 14.4 Å². The number of amides is 3. The smallest absolute Gasteiger partial charge is 0.312 e. The van der Waals surface area contributed by atoms with Gasteiger partial charge in [-0.3, -0.25) is 14.4 Å². The minimum Gasteiger partial charge on any atom is -0.487 e. The van der Waals surface area contributed by atoms with Gasteiger partial charge in [-0.15, -0.1) is 0 Å². The number of anilines is 1. The topological polar surface area (TPSA) is 88.2 Å². The molecule has 0 unspecified atom stereocenters. The van der Waals surface area contributed by atoms with Gasteiger partial charge in [0.05, 0.1) is 17.3 Å². The third-order valence-electron chi connectivity index (χ3n) is 3.89. The van der Waals surface area contributed by atoms with Crippen LogP contribution in [0, 0.1) is 0 Å². The van der Waals surface area contributed by atoms with Crippen molar-refractivity contribution in [3.05, 3.63) is 23.2 Å². The summed E-state index contributed by atoms with van der Waals surface area (Å²) >= 11 is 6.13. The minimum atomic E-state index is -0.670. The van der Waals surface area contributed by atoms with Gasteiger partial charge in [-0.2, -0.15) is 0 Å². The molecule has 26 heavy (non-hydrogen) atoms.